The normalized spacial score (nSPS) is 13.0. The minimum Gasteiger partial charge on any atom is -0.507 e. The molecule has 154 valence electrons. The molecular weight excluding hydrogens is 394 g/mol. The highest BCUT2D eigenvalue weighted by Crippen LogP contribution is 2.22. The fourth-order valence-electron chi connectivity index (χ4n) is 3.15. The number of hydrogen-bond acceptors (Lipinski definition) is 7. The first-order valence-electron chi connectivity index (χ1n) is 9.61. The number of carbonyl (C=O) groups is 1. The molecule has 1 atom stereocenters. The Kier molecular flexibility index (Phi) is 5.09. The van der Waals surface area contributed by atoms with Crippen LogP contribution in [0.15, 0.2) is 48.2 Å². The smallest absolute Gasteiger partial charge is 0.338 e. The molecule has 0 radical (unpaired) electrons. The number of aliphatic hydroxyl groups excluding tert-OH is 1. The summed E-state index contributed by atoms with van der Waals surface area (Å²) in [7, 11) is 0. The van der Waals surface area contributed by atoms with Crippen LogP contribution in [0.5, 0.6) is 0 Å². The van der Waals surface area contributed by atoms with Crippen molar-refractivity contribution in [1.82, 2.24) is 19.9 Å². The molecule has 31 heavy (non-hydrogen) atoms. The van der Waals surface area contributed by atoms with E-state index in [2.05, 4.69) is 19.9 Å². The molecule has 0 spiro atoms. The van der Waals surface area contributed by atoms with Crippen molar-refractivity contribution in [3.05, 3.63) is 71.0 Å². The molecule has 4 aromatic rings. The van der Waals surface area contributed by atoms with Gasteiger partial charge in [-0.3, -0.25) is 0 Å². The standard InChI is InChI=1S/C23H19N5O3/c1-12-13(2)26-20-10-15(8-9-19(20)25-12)23(30)31-14(3)21(29)16(11-24)22-27-17-6-4-5-7-18(17)28-22/h4-10,14,29H,1-3H3,(H,27,28)/b21-16-/t14-/m1/s1. The number of imidazole rings is 1. The monoisotopic (exact) mass is 413 g/mol. The maximum Gasteiger partial charge on any atom is 0.338 e. The first-order valence-corrected chi connectivity index (χ1v) is 9.61. The highest BCUT2D eigenvalue weighted by atomic mass is 16.6. The van der Waals surface area contributed by atoms with Gasteiger partial charge in [0.05, 0.1) is 39.0 Å². The van der Waals surface area contributed by atoms with Crippen molar-refractivity contribution in [2.75, 3.05) is 0 Å². The van der Waals surface area contributed by atoms with Gasteiger partial charge in [-0.25, -0.2) is 19.7 Å². The molecule has 0 unspecified atom stereocenters. The number of aromatic amines is 1. The van der Waals surface area contributed by atoms with Crippen LogP contribution < -0.4 is 0 Å². The first-order chi connectivity index (χ1) is 14.9. The lowest BCUT2D eigenvalue weighted by molar-refractivity contribution is 0.0334. The van der Waals surface area contributed by atoms with E-state index in [1.165, 1.54) is 6.92 Å². The van der Waals surface area contributed by atoms with E-state index in [0.29, 0.717) is 16.6 Å². The summed E-state index contributed by atoms with van der Waals surface area (Å²) in [6.45, 7) is 5.20. The van der Waals surface area contributed by atoms with Crippen LogP contribution in [0, 0.1) is 25.2 Å². The van der Waals surface area contributed by atoms with Crippen LogP contribution in [0.25, 0.3) is 27.6 Å². The van der Waals surface area contributed by atoms with Gasteiger partial charge in [-0.15, -0.1) is 0 Å². The number of allylic oxidation sites excluding steroid dienone is 1. The molecule has 2 aromatic heterocycles. The Morgan fingerprint density at radius 1 is 1.06 bits per heavy atom. The van der Waals surface area contributed by atoms with E-state index in [0.717, 1.165) is 16.9 Å². The van der Waals surface area contributed by atoms with Gasteiger partial charge < -0.3 is 14.8 Å². The van der Waals surface area contributed by atoms with Crippen LogP contribution in [0.2, 0.25) is 0 Å². The minimum absolute atomic E-state index is 0.0908. The van der Waals surface area contributed by atoms with Gasteiger partial charge in [0.2, 0.25) is 0 Å². The summed E-state index contributed by atoms with van der Waals surface area (Å²) in [6, 6.07) is 14.1. The number of hydrogen-bond donors (Lipinski definition) is 2. The van der Waals surface area contributed by atoms with Gasteiger partial charge in [-0.2, -0.15) is 5.26 Å². The number of ether oxygens (including phenoxy) is 1. The lowest BCUT2D eigenvalue weighted by atomic mass is 10.1. The predicted octanol–water partition coefficient (Wildman–Crippen LogP) is 4.16. The third-order valence-electron chi connectivity index (χ3n) is 4.97. The highest BCUT2D eigenvalue weighted by molar-refractivity contribution is 5.94. The van der Waals surface area contributed by atoms with Crippen LogP contribution in [0.1, 0.15) is 34.5 Å². The summed E-state index contributed by atoms with van der Waals surface area (Å²) in [5, 5.41) is 20.1. The van der Waals surface area contributed by atoms with Crippen LogP contribution in [-0.2, 0) is 4.74 Å². The summed E-state index contributed by atoms with van der Waals surface area (Å²) >= 11 is 0. The van der Waals surface area contributed by atoms with E-state index in [-0.39, 0.29) is 22.7 Å². The number of esters is 1. The van der Waals surface area contributed by atoms with Gasteiger partial charge in [-0.05, 0) is 51.1 Å². The third-order valence-corrected chi connectivity index (χ3v) is 4.97. The molecule has 8 nitrogen and oxygen atoms in total. The van der Waals surface area contributed by atoms with E-state index in [4.69, 9.17) is 4.74 Å². The highest BCUT2D eigenvalue weighted by Gasteiger charge is 2.22. The summed E-state index contributed by atoms with van der Waals surface area (Å²) in [4.78, 5) is 28.8. The quantitative estimate of drug-likeness (QED) is 0.292. The van der Waals surface area contributed by atoms with Crippen molar-refractivity contribution < 1.29 is 14.6 Å². The molecule has 2 aromatic carbocycles. The van der Waals surface area contributed by atoms with Crippen molar-refractivity contribution in [2.24, 2.45) is 0 Å². The zero-order valence-corrected chi connectivity index (χ0v) is 17.2. The van der Waals surface area contributed by atoms with Crippen LogP contribution in [0.3, 0.4) is 0 Å². The number of aromatic nitrogens is 4. The summed E-state index contributed by atoms with van der Waals surface area (Å²) in [5.74, 6) is -0.833. The lowest BCUT2D eigenvalue weighted by Crippen LogP contribution is -2.18. The number of nitrogens with zero attached hydrogens (tertiary/aromatic N) is 4. The molecule has 0 aliphatic heterocycles. The topological polar surface area (TPSA) is 125 Å². The van der Waals surface area contributed by atoms with Gasteiger partial charge in [0.15, 0.2) is 17.7 Å². The summed E-state index contributed by atoms with van der Waals surface area (Å²) < 4.78 is 5.39. The summed E-state index contributed by atoms with van der Waals surface area (Å²) in [5.41, 5.74) is 4.41. The molecule has 0 bridgehead atoms. The van der Waals surface area contributed by atoms with Gasteiger partial charge in [0.1, 0.15) is 11.6 Å². The molecule has 0 fully saturated rings. The number of H-pyrrole nitrogens is 1. The Morgan fingerprint density at radius 2 is 1.77 bits per heavy atom. The third kappa shape index (κ3) is 3.81. The Hall–Kier alpha value is -4.25. The molecule has 0 saturated carbocycles. The van der Waals surface area contributed by atoms with Gasteiger partial charge in [0, 0.05) is 0 Å². The fourth-order valence-corrected chi connectivity index (χ4v) is 3.15. The van der Waals surface area contributed by atoms with Gasteiger partial charge >= 0.3 is 5.97 Å². The zero-order valence-electron chi connectivity index (χ0n) is 17.2. The molecule has 0 saturated heterocycles. The number of benzene rings is 2. The number of nitriles is 1. The van der Waals surface area contributed by atoms with Gasteiger partial charge in [-0.1, -0.05) is 12.1 Å². The average Bonchev–Trinajstić information content (AvgIpc) is 3.18. The number of nitrogens with one attached hydrogen (secondary N) is 1. The van der Waals surface area contributed by atoms with Crippen molar-refractivity contribution in [1.29, 1.82) is 5.26 Å². The van der Waals surface area contributed by atoms with E-state index in [9.17, 15) is 15.2 Å². The van der Waals surface area contributed by atoms with Crippen molar-refractivity contribution in [2.45, 2.75) is 26.9 Å². The number of aliphatic hydroxyl groups is 1. The molecule has 2 N–H and O–H groups in total. The molecule has 4 rings (SSSR count). The lowest BCUT2D eigenvalue weighted by Gasteiger charge is -2.14. The SMILES string of the molecule is Cc1nc2ccc(C(=O)O[C@H](C)/C(O)=C(\C#N)c3nc4ccccc4[nH]3)cc2nc1C. The molecule has 0 aliphatic rings. The van der Waals surface area contributed by atoms with Crippen LogP contribution >= 0.6 is 0 Å². The van der Waals surface area contributed by atoms with Crippen molar-refractivity contribution in [3.8, 4) is 6.07 Å². The number of fused-ring (bicyclic) bond motifs is 2. The van der Waals surface area contributed by atoms with Gasteiger partial charge in [0.25, 0.3) is 0 Å². The predicted molar refractivity (Wildman–Crippen MR) is 115 cm³/mol. The molecule has 8 heteroatoms. The second kappa shape index (κ2) is 7.88. The Bertz CT molecular complexity index is 1360. The minimum atomic E-state index is -1.06. The van der Waals surface area contributed by atoms with Crippen LogP contribution in [-0.4, -0.2) is 37.1 Å². The molecule has 2 heterocycles. The van der Waals surface area contributed by atoms with Crippen LogP contribution in [0.4, 0.5) is 0 Å². The number of carbonyl (C=O) groups excluding carboxylic acids is 1. The number of aryl methyl sites for hydroxylation is 2. The van der Waals surface area contributed by atoms with Crippen molar-refractivity contribution in [3.63, 3.8) is 0 Å². The zero-order chi connectivity index (χ0) is 22.1. The van der Waals surface area contributed by atoms with E-state index >= 15 is 0 Å². The van der Waals surface area contributed by atoms with Crippen molar-refractivity contribution >= 4 is 33.6 Å². The maximum absolute atomic E-state index is 12.6. The Morgan fingerprint density at radius 3 is 2.48 bits per heavy atom. The molecule has 0 amide bonds. The Balaban J connectivity index is 1.60. The number of para-hydroxylation sites is 2. The average molecular weight is 413 g/mol. The van der Waals surface area contributed by atoms with E-state index in [1.807, 2.05) is 38.1 Å². The summed E-state index contributed by atoms with van der Waals surface area (Å²) in [6.07, 6.45) is -1.06. The first kappa shape index (κ1) is 20.0. The largest absolute Gasteiger partial charge is 0.507 e. The van der Waals surface area contributed by atoms with E-state index in [1.54, 1.807) is 24.3 Å². The number of rotatable bonds is 4. The second-order valence-corrected chi connectivity index (χ2v) is 7.12. The maximum atomic E-state index is 12.6. The second-order valence-electron chi connectivity index (χ2n) is 7.12. The van der Waals surface area contributed by atoms with E-state index < -0.39 is 12.1 Å². The molecular formula is C23H19N5O3. The molecule has 0 aliphatic carbocycles. The fraction of sp³-hybridized carbons (Fsp3) is 0.174. The Labute approximate surface area is 177 Å².